The minimum Gasteiger partial charge on any atom is -0.306 e. The molecule has 1 fully saturated rings. The zero-order valence-corrected chi connectivity index (χ0v) is 14.8. The molecular formula is C16H20N6OS. The Labute approximate surface area is 143 Å². The molecule has 1 saturated carbocycles. The van der Waals surface area contributed by atoms with Crippen LogP contribution >= 0.6 is 11.3 Å². The first kappa shape index (κ1) is 15.3. The number of nitrogens with one attached hydrogen (secondary N) is 2. The summed E-state index contributed by atoms with van der Waals surface area (Å²) in [6, 6.07) is 0. The Hall–Kier alpha value is -2.22. The Morgan fingerprint density at radius 2 is 2.04 bits per heavy atom. The first-order valence-electron chi connectivity index (χ1n) is 8.21. The molecule has 0 radical (unpaired) electrons. The number of amides is 1. The van der Waals surface area contributed by atoms with Crippen LogP contribution in [0.3, 0.4) is 0 Å². The number of carbonyl (C=O) groups is 1. The van der Waals surface area contributed by atoms with Crippen molar-refractivity contribution in [1.82, 2.24) is 25.0 Å². The Morgan fingerprint density at radius 1 is 1.29 bits per heavy atom. The van der Waals surface area contributed by atoms with Crippen LogP contribution in [0.4, 0.5) is 5.82 Å². The lowest BCUT2D eigenvalue weighted by Crippen LogP contribution is -2.12. The molecule has 126 valence electrons. The lowest BCUT2D eigenvalue weighted by molar-refractivity contribution is 0.102. The highest BCUT2D eigenvalue weighted by molar-refractivity contribution is 7.14. The number of rotatable bonds is 3. The van der Waals surface area contributed by atoms with E-state index in [1.165, 1.54) is 37.0 Å². The van der Waals surface area contributed by atoms with Crippen molar-refractivity contribution < 1.29 is 4.79 Å². The summed E-state index contributed by atoms with van der Waals surface area (Å²) in [4.78, 5) is 18.0. The molecule has 3 heterocycles. The Balaban J connectivity index is 1.61. The first-order chi connectivity index (χ1) is 11.5. The SMILES string of the molecule is Cc1nc(C2CCCC2)sc1C(=O)Nc1[nH]nc2c1c(C)nn2C. The minimum absolute atomic E-state index is 0.136. The lowest BCUT2D eigenvalue weighted by atomic mass is 10.1. The van der Waals surface area contributed by atoms with E-state index in [9.17, 15) is 4.79 Å². The normalized spacial score (nSPS) is 15.5. The van der Waals surface area contributed by atoms with Gasteiger partial charge in [-0.1, -0.05) is 12.8 Å². The number of nitrogens with zero attached hydrogens (tertiary/aromatic N) is 4. The van der Waals surface area contributed by atoms with Gasteiger partial charge in [0, 0.05) is 13.0 Å². The van der Waals surface area contributed by atoms with E-state index in [0.29, 0.717) is 16.6 Å². The Morgan fingerprint density at radius 3 is 2.79 bits per heavy atom. The summed E-state index contributed by atoms with van der Waals surface area (Å²) in [6.07, 6.45) is 4.89. The third-order valence-corrected chi connectivity index (χ3v) is 6.00. The molecule has 0 atom stereocenters. The maximum atomic E-state index is 12.7. The van der Waals surface area contributed by atoms with E-state index in [1.807, 2.05) is 20.9 Å². The van der Waals surface area contributed by atoms with Gasteiger partial charge in [0.15, 0.2) is 5.65 Å². The number of anilines is 1. The molecule has 2 N–H and O–H groups in total. The molecule has 0 aliphatic heterocycles. The average molecular weight is 344 g/mol. The van der Waals surface area contributed by atoms with E-state index in [-0.39, 0.29) is 5.91 Å². The van der Waals surface area contributed by atoms with Gasteiger partial charge in [-0.2, -0.15) is 10.2 Å². The molecule has 0 spiro atoms. The van der Waals surface area contributed by atoms with E-state index < -0.39 is 0 Å². The number of hydrogen-bond acceptors (Lipinski definition) is 5. The fraction of sp³-hybridized carbons (Fsp3) is 0.500. The lowest BCUT2D eigenvalue weighted by Gasteiger charge is -2.02. The van der Waals surface area contributed by atoms with Gasteiger partial charge in [-0.15, -0.1) is 11.3 Å². The molecular weight excluding hydrogens is 324 g/mol. The van der Waals surface area contributed by atoms with E-state index in [2.05, 4.69) is 25.6 Å². The molecule has 3 aromatic rings. The minimum atomic E-state index is -0.136. The van der Waals surface area contributed by atoms with Crippen molar-refractivity contribution in [2.24, 2.45) is 7.05 Å². The highest BCUT2D eigenvalue weighted by Gasteiger charge is 2.24. The average Bonchev–Trinajstić information content (AvgIpc) is 3.27. The predicted molar refractivity (Wildman–Crippen MR) is 93.6 cm³/mol. The number of fused-ring (bicyclic) bond motifs is 1. The largest absolute Gasteiger partial charge is 0.306 e. The van der Waals surface area contributed by atoms with Gasteiger partial charge in [0.25, 0.3) is 5.91 Å². The summed E-state index contributed by atoms with van der Waals surface area (Å²) in [5, 5.41) is 16.4. The van der Waals surface area contributed by atoms with Crippen LogP contribution in [0.5, 0.6) is 0 Å². The second kappa shape index (κ2) is 5.70. The second-order valence-corrected chi connectivity index (χ2v) is 7.44. The van der Waals surface area contributed by atoms with Crippen LogP contribution in [-0.2, 0) is 7.05 Å². The Kier molecular flexibility index (Phi) is 3.64. The number of hydrogen-bond donors (Lipinski definition) is 2. The highest BCUT2D eigenvalue weighted by Crippen LogP contribution is 2.37. The van der Waals surface area contributed by atoms with Gasteiger partial charge in [-0.3, -0.25) is 9.89 Å². The van der Waals surface area contributed by atoms with Crippen LogP contribution in [0.25, 0.3) is 11.0 Å². The van der Waals surface area contributed by atoms with Crippen molar-refractivity contribution in [2.75, 3.05) is 5.32 Å². The van der Waals surface area contributed by atoms with Gasteiger partial charge < -0.3 is 5.32 Å². The summed E-state index contributed by atoms with van der Waals surface area (Å²) >= 11 is 1.52. The highest BCUT2D eigenvalue weighted by atomic mass is 32.1. The summed E-state index contributed by atoms with van der Waals surface area (Å²) in [5.41, 5.74) is 2.37. The van der Waals surface area contributed by atoms with Crippen LogP contribution in [-0.4, -0.2) is 30.9 Å². The van der Waals surface area contributed by atoms with Crippen LogP contribution in [0, 0.1) is 13.8 Å². The number of aryl methyl sites for hydroxylation is 3. The number of aromatic amines is 1. The number of H-pyrrole nitrogens is 1. The van der Waals surface area contributed by atoms with Gasteiger partial charge in [0.2, 0.25) is 0 Å². The molecule has 0 aromatic carbocycles. The molecule has 4 rings (SSSR count). The molecule has 1 amide bonds. The maximum absolute atomic E-state index is 12.7. The molecule has 1 aliphatic carbocycles. The smallest absolute Gasteiger partial charge is 0.268 e. The number of carbonyl (C=O) groups excluding carboxylic acids is 1. The summed E-state index contributed by atoms with van der Waals surface area (Å²) in [5.74, 6) is 0.980. The quantitative estimate of drug-likeness (QED) is 0.763. The van der Waals surface area contributed by atoms with Crippen molar-refractivity contribution in [3.8, 4) is 0 Å². The molecule has 0 bridgehead atoms. The number of aromatic nitrogens is 5. The van der Waals surface area contributed by atoms with Crippen LogP contribution in [0.15, 0.2) is 0 Å². The van der Waals surface area contributed by atoms with Crippen molar-refractivity contribution in [3.63, 3.8) is 0 Å². The monoisotopic (exact) mass is 344 g/mol. The van der Waals surface area contributed by atoms with Crippen LogP contribution in [0.2, 0.25) is 0 Å². The van der Waals surface area contributed by atoms with Crippen molar-refractivity contribution in [2.45, 2.75) is 45.4 Å². The van der Waals surface area contributed by atoms with Crippen molar-refractivity contribution in [3.05, 3.63) is 21.3 Å². The molecule has 1 aliphatic rings. The van der Waals surface area contributed by atoms with Gasteiger partial charge in [0.1, 0.15) is 10.7 Å². The fourth-order valence-electron chi connectivity index (χ4n) is 3.47. The first-order valence-corrected chi connectivity index (χ1v) is 9.02. The van der Waals surface area contributed by atoms with Crippen LogP contribution in [0.1, 0.15) is 57.7 Å². The molecule has 8 heteroatoms. The molecule has 3 aromatic heterocycles. The second-order valence-electron chi connectivity index (χ2n) is 6.41. The van der Waals surface area contributed by atoms with E-state index in [1.54, 1.807) is 4.68 Å². The van der Waals surface area contributed by atoms with E-state index in [0.717, 1.165) is 27.4 Å². The summed E-state index contributed by atoms with van der Waals surface area (Å²) in [7, 11) is 1.84. The van der Waals surface area contributed by atoms with Gasteiger partial charge in [0.05, 0.1) is 21.8 Å². The van der Waals surface area contributed by atoms with Gasteiger partial charge in [-0.25, -0.2) is 9.67 Å². The predicted octanol–water partition coefficient (Wildman–Crippen LogP) is 3.28. The Bertz CT molecular complexity index is 915. The number of thiazole rings is 1. The fourth-order valence-corrected chi connectivity index (χ4v) is 4.60. The third kappa shape index (κ3) is 2.41. The third-order valence-electron chi connectivity index (χ3n) is 4.68. The van der Waals surface area contributed by atoms with E-state index in [4.69, 9.17) is 0 Å². The standard InChI is InChI=1S/C16H20N6OS/c1-8-11-13(19-20-14(11)22(3)21-8)18-15(23)12-9(2)17-16(24-12)10-6-4-5-7-10/h10H,4-7H2,1-3H3,(H2,18,19,20,23). The molecule has 0 unspecified atom stereocenters. The van der Waals surface area contributed by atoms with Crippen LogP contribution < -0.4 is 5.32 Å². The van der Waals surface area contributed by atoms with E-state index >= 15 is 0 Å². The molecule has 0 saturated heterocycles. The molecule has 7 nitrogen and oxygen atoms in total. The topological polar surface area (TPSA) is 88.5 Å². The summed E-state index contributed by atoms with van der Waals surface area (Å²) in [6.45, 7) is 3.81. The molecule has 24 heavy (non-hydrogen) atoms. The zero-order valence-electron chi connectivity index (χ0n) is 14.0. The van der Waals surface area contributed by atoms with Crippen molar-refractivity contribution in [1.29, 1.82) is 0 Å². The van der Waals surface area contributed by atoms with Gasteiger partial charge >= 0.3 is 0 Å². The van der Waals surface area contributed by atoms with Gasteiger partial charge in [-0.05, 0) is 26.7 Å². The maximum Gasteiger partial charge on any atom is 0.268 e. The van der Waals surface area contributed by atoms with Crippen molar-refractivity contribution >= 4 is 34.1 Å². The summed E-state index contributed by atoms with van der Waals surface area (Å²) < 4.78 is 1.70. The zero-order chi connectivity index (χ0) is 16.8.